The van der Waals surface area contributed by atoms with Gasteiger partial charge < -0.3 is 14.7 Å². The van der Waals surface area contributed by atoms with Crippen molar-refractivity contribution in [1.29, 1.82) is 0 Å². The predicted octanol–water partition coefficient (Wildman–Crippen LogP) is 3.63. The van der Waals surface area contributed by atoms with Crippen molar-refractivity contribution in [2.45, 2.75) is 33.6 Å². The van der Waals surface area contributed by atoms with Crippen molar-refractivity contribution in [1.82, 2.24) is 20.4 Å². The van der Waals surface area contributed by atoms with Gasteiger partial charge in [0.1, 0.15) is 0 Å². The second kappa shape index (κ2) is 8.08. The Kier molecular flexibility index (Phi) is 5.81. The summed E-state index contributed by atoms with van der Waals surface area (Å²) >= 11 is 6.02. The number of nitrogens with one attached hydrogen (secondary N) is 1. The van der Waals surface area contributed by atoms with E-state index in [1.54, 1.807) is 0 Å². The molecule has 0 aliphatic carbocycles. The quantitative estimate of drug-likeness (QED) is 0.638. The maximum absolute atomic E-state index is 6.02. The van der Waals surface area contributed by atoms with Crippen molar-refractivity contribution < 1.29 is 4.52 Å². The van der Waals surface area contributed by atoms with Gasteiger partial charge in [-0.25, -0.2) is 0 Å². The van der Waals surface area contributed by atoms with E-state index in [1.807, 2.05) is 24.3 Å². The molecule has 1 saturated heterocycles. The van der Waals surface area contributed by atoms with Crippen LogP contribution >= 0.6 is 11.6 Å². The topological polar surface area (TPSA) is 66.5 Å². The van der Waals surface area contributed by atoms with Crippen molar-refractivity contribution in [3.63, 3.8) is 0 Å². The highest BCUT2D eigenvalue weighted by Gasteiger charge is 2.30. The molecule has 140 valence electrons. The van der Waals surface area contributed by atoms with E-state index in [1.165, 1.54) is 6.42 Å². The molecule has 0 amide bonds. The van der Waals surface area contributed by atoms with Gasteiger partial charge in [0, 0.05) is 36.6 Å². The molecule has 0 spiro atoms. The van der Waals surface area contributed by atoms with Crippen LogP contribution in [0, 0.1) is 5.41 Å². The fourth-order valence-electron chi connectivity index (χ4n) is 3.08. The molecule has 0 atom stereocenters. The highest BCUT2D eigenvalue weighted by atomic mass is 35.5. The fraction of sp³-hybridized carbons (Fsp3) is 0.526. The Morgan fingerprint density at radius 1 is 1.42 bits per heavy atom. The van der Waals surface area contributed by atoms with Crippen LogP contribution in [0.2, 0.25) is 5.02 Å². The predicted molar refractivity (Wildman–Crippen MR) is 104 cm³/mol. The summed E-state index contributed by atoms with van der Waals surface area (Å²) in [6.07, 6.45) is 1.80. The van der Waals surface area contributed by atoms with Crippen LogP contribution in [0.4, 0.5) is 0 Å². The first-order valence-electron chi connectivity index (χ1n) is 9.09. The van der Waals surface area contributed by atoms with Crippen molar-refractivity contribution in [2.75, 3.05) is 26.2 Å². The summed E-state index contributed by atoms with van der Waals surface area (Å²) in [6.45, 7) is 10.2. The standard InChI is InChI=1S/C19H26ClN5O/c1-4-21-18(25-11-9-19(2,3)13-25)22-10-8-16-23-17(24-26-16)14-6-5-7-15(20)12-14/h5-7,12H,4,8-11,13H2,1-3H3,(H,21,22). The molecule has 6 nitrogen and oxygen atoms in total. The Hall–Kier alpha value is -2.08. The molecule has 7 heteroatoms. The van der Waals surface area contributed by atoms with Gasteiger partial charge >= 0.3 is 0 Å². The minimum atomic E-state index is 0.342. The largest absolute Gasteiger partial charge is 0.357 e. The Balaban J connectivity index is 1.61. The summed E-state index contributed by atoms with van der Waals surface area (Å²) in [7, 11) is 0. The van der Waals surface area contributed by atoms with Gasteiger partial charge in [0.25, 0.3) is 0 Å². The highest BCUT2D eigenvalue weighted by Crippen LogP contribution is 2.28. The summed E-state index contributed by atoms with van der Waals surface area (Å²) in [6, 6.07) is 7.44. The van der Waals surface area contributed by atoms with Gasteiger partial charge in [-0.3, -0.25) is 4.99 Å². The van der Waals surface area contributed by atoms with Crippen LogP contribution in [-0.4, -0.2) is 47.2 Å². The number of guanidine groups is 1. The van der Waals surface area contributed by atoms with E-state index in [-0.39, 0.29) is 0 Å². The van der Waals surface area contributed by atoms with E-state index >= 15 is 0 Å². The van der Waals surface area contributed by atoms with Crippen LogP contribution in [0.25, 0.3) is 11.4 Å². The van der Waals surface area contributed by atoms with Crippen LogP contribution in [0.1, 0.15) is 33.1 Å². The lowest BCUT2D eigenvalue weighted by Crippen LogP contribution is -2.40. The summed E-state index contributed by atoms with van der Waals surface area (Å²) in [4.78, 5) is 11.5. The number of benzene rings is 1. The van der Waals surface area contributed by atoms with Gasteiger partial charge in [-0.2, -0.15) is 4.98 Å². The molecular formula is C19H26ClN5O. The summed E-state index contributed by atoms with van der Waals surface area (Å²) in [5.74, 6) is 2.11. The third-order valence-corrected chi connectivity index (χ3v) is 4.69. The Morgan fingerprint density at radius 3 is 2.96 bits per heavy atom. The van der Waals surface area contributed by atoms with E-state index < -0.39 is 0 Å². The van der Waals surface area contributed by atoms with Crippen LogP contribution in [0.5, 0.6) is 0 Å². The number of rotatable bonds is 5. The first-order valence-corrected chi connectivity index (χ1v) is 9.46. The zero-order valence-electron chi connectivity index (χ0n) is 15.6. The summed E-state index contributed by atoms with van der Waals surface area (Å²) < 4.78 is 5.35. The molecule has 26 heavy (non-hydrogen) atoms. The first kappa shape index (κ1) is 18.7. The number of nitrogens with zero attached hydrogens (tertiary/aromatic N) is 4. The molecule has 1 aromatic carbocycles. The first-order chi connectivity index (χ1) is 12.5. The third kappa shape index (κ3) is 4.75. The maximum Gasteiger partial charge on any atom is 0.228 e. The number of hydrogen-bond donors (Lipinski definition) is 1. The molecular weight excluding hydrogens is 350 g/mol. The zero-order valence-corrected chi connectivity index (χ0v) is 16.4. The minimum Gasteiger partial charge on any atom is -0.357 e. The number of halogens is 1. The molecule has 1 aliphatic rings. The molecule has 2 aromatic rings. The molecule has 1 aliphatic heterocycles. The Labute approximate surface area is 159 Å². The molecule has 0 radical (unpaired) electrons. The smallest absolute Gasteiger partial charge is 0.228 e. The fourth-order valence-corrected chi connectivity index (χ4v) is 3.27. The molecule has 3 rings (SSSR count). The van der Waals surface area contributed by atoms with Crippen molar-refractivity contribution in [3.8, 4) is 11.4 Å². The second-order valence-electron chi connectivity index (χ2n) is 7.34. The molecule has 2 heterocycles. The number of aliphatic imine (C=N–C) groups is 1. The maximum atomic E-state index is 6.02. The lowest BCUT2D eigenvalue weighted by Gasteiger charge is -2.23. The van der Waals surface area contributed by atoms with Gasteiger partial charge in [-0.05, 0) is 30.9 Å². The average Bonchev–Trinajstić information content (AvgIpc) is 3.20. The highest BCUT2D eigenvalue weighted by molar-refractivity contribution is 6.30. The third-order valence-electron chi connectivity index (χ3n) is 4.45. The van der Waals surface area contributed by atoms with E-state index in [2.05, 4.69) is 41.1 Å². The van der Waals surface area contributed by atoms with Gasteiger partial charge in [0.2, 0.25) is 11.7 Å². The van der Waals surface area contributed by atoms with E-state index in [4.69, 9.17) is 21.1 Å². The lowest BCUT2D eigenvalue weighted by atomic mass is 9.93. The summed E-state index contributed by atoms with van der Waals surface area (Å²) in [5, 5.41) is 8.07. The lowest BCUT2D eigenvalue weighted by molar-refractivity contribution is 0.368. The van der Waals surface area contributed by atoms with Crippen LogP contribution < -0.4 is 5.32 Å². The minimum absolute atomic E-state index is 0.342. The molecule has 1 aromatic heterocycles. The molecule has 1 N–H and O–H groups in total. The van der Waals surface area contributed by atoms with Gasteiger partial charge in [-0.15, -0.1) is 0 Å². The van der Waals surface area contributed by atoms with Crippen LogP contribution in [0.3, 0.4) is 0 Å². The average molecular weight is 376 g/mol. The van der Waals surface area contributed by atoms with Gasteiger partial charge in [0.05, 0.1) is 6.54 Å². The normalized spacial score (nSPS) is 16.9. The molecule has 0 unspecified atom stereocenters. The number of hydrogen-bond acceptors (Lipinski definition) is 4. The van der Waals surface area contributed by atoms with Crippen molar-refractivity contribution >= 4 is 17.6 Å². The molecule has 1 fully saturated rings. The zero-order chi connectivity index (χ0) is 18.6. The van der Waals surface area contributed by atoms with Crippen LogP contribution in [-0.2, 0) is 6.42 Å². The number of aromatic nitrogens is 2. The van der Waals surface area contributed by atoms with Crippen LogP contribution in [0.15, 0.2) is 33.8 Å². The Bertz CT molecular complexity index is 771. The Morgan fingerprint density at radius 2 is 2.27 bits per heavy atom. The molecule has 0 bridgehead atoms. The van der Waals surface area contributed by atoms with E-state index in [0.717, 1.165) is 31.2 Å². The molecule has 0 saturated carbocycles. The van der Waals surface area contributed by atoms with Gasteiger partial charge in [-0.1, -0.05) is 42.7 Å². The van der Waals surface area contributed by atoms with Crippen molar-refractivity contribution in [2.24, 2.45) is 10.4 Å². The van der Waals surface area contributed by atoms with E-state index in [9.17, 15) is 0 Å². The van der Waals surface area contributed by atoms with Gasteiger partial charge in [0.15, 0.2) is 5.96 Å². The monoisotopic (exact) mass is 375 g/mol. The SMILES string of the molecule is CCNC(=NCCc1nc(-c2cccc(Cl)c2)no1)N1CCC(C)(C)C1. The summed E-state index contributed by atoms with van der Waals surface area (Å²) in [5.41, 5.74) is 1.19. The second-order valence-corrected chi connectivity index (χ2v) is 7.78. The van der Waals surface area contributed by atoms with E-state index in [0.29, 0.717) is 35.1 Å². The van der Waals surface area contributed by atoms with Crippen molar-refractivity contribution in [3.05, 3.63) is 35.2 Å². The number of likely N-dealkylation sites (tertiary alicyclic amines) is 1.